The molecule has 4 nitrogen and oxygen atoms in total. The molecule has 0 unspecified atom stereocenters. The van der Waals surface area contributed by atoms with Gasteiger partial charge in [0, 0.05) is 30.3 Å². The van der Waals surface area contributed by atoms with Crippen LogP contribution in [0.4, 0.5) is 0 Å². The summed E-state index contributed by atoms with van der Waals surface area (Å²) in [6, 6.07) is 2.49. The van der Waals surface area contributed by atoms with Gasteiger partial charge in [-0.05, 0) is 39.7 Å². The van der Waals surface area contributed by atoms with Crippen LogP contribution in [0.3, 0.4) is 0 Å². The lowest BCUT2D eigenvalue weighted by molar-refractivity contribution is 0.0419. The van der Waals surface area contributed by atoms with Crippen molar-refractivity contribution in [1.29, 1.82) is 0 Å². The molecule has 0 spiro atoms. The Morgan fingerprint density at radius 1 is 1.50 bits per heavy atom. The molecule has 1 aliphatic rings. The summed E-state index contributed by atoms with van der Waals surface area (Å²) in [6.07, 6.45) is 3.57. The lowest BCUT2D eigenvalue weighted by Gasteiger charge is -2.41. The number of aliphatic hydroxyl groups is 1. The third-order valence-electron chi connectivity index (χ3n) is 4.13. The summed E-state index contributed by atoms with van der Waals surface area (Å²) >= 11 is 0. The van der Waals surface area contributed by atoms with Crippen molar-refractivity contribution in [3.8, 4) is 0 Å². The van der Waals surface area contributed by atoms with Crippen molar-refractivity contribution in [3.05, 3.63) is 17.5 Å². The van der Waals surface area contributed by atoms with Crippen molar-refractivity contribution >= 4 is 0 Å². The molecule has 1 aliphatic carbocycles. The molecule has 2 N–H and O–H groups in total. The number of nitrogens with one attached hydrogen (secondary N) is 1. The quantitative estimate of drug-likeness (QED) is 0.808. The summed E-state index contributed by atoms with van der Waals surface area (Å²) in [5.74, 6) is 0. The number of aryl methyl sites for hydroxylation is 2. The molecule has 1 saturated carbocycles. The molecule has 0 radical (unpaired) electrons. The molecule has 0 aliphatic heterocycles. The fourth-order valence-corrected chi connectivity index (χ4v) is 2.64. The fraction of sp³-hybridized carbons (Fsp3) is 0.786. The molecular weight excluding hydrogens is 226 g/mol. The zero-order valence-electron chi connectivity index (χ0n) is 11.7. The summed E-state index contributed by atoms with van der Waals surface area (Å²) in [4.78, 5) is 0. The normalized spacial score (nSPS) is 19.6. The highest BCUT2D eigenvalue weighted by atomic mass is 16.3. The Kier molecular flexibility index (Phi) is 4.07. The first-order chi connectivity index (χ1) is 8.54. The van der Waals surface area contributed by atoms with Gasteiger partial charge in [0.1, 0.15) is 0 Å². The van der Waals surface area contributed by atoms with Crippen molar-refractivity contribution in [2.24, 2.45) is 5.41 Å². The molecule has 2 rings (SSSR count). The highest BCUT2D eigenvalue weighted by Crippen LogP contribution is 2.39. The molecule has 1 atom stereocenters. The predicted octanol–water partition coefficient (Wildman–Crippen LogP) is 1.64. The van der Waals surface area contributed by atoms with E-state index in [1.54, 1.807) is 0 Å². The maximum absolute atomic E-state index is 9.43. The maximum Gasteiger partial charge on any atom is 0.0596 e. The monoisotopic (exact) mass is 251 g/mol. The molecule has 0 bridgehead atoms. The van der Waals surface area contributed by atoms with Gasteiger partial charge in [0.25, 0.3) is 0 Å². The van der Waals surface area contributed by atoms with Crippen LogP contribution in [0.2, 0.25) is 0 Å². The van der Waals surface area contributed by atoms with Gasteiger partial charge in [-0.25, -0.2) is 0 Å². The van der Waals surface area contributed by atoms with Gasteiger partial charge < -0.3 is 10.4 Å². The third-order valence-corrected chi connectivity index (χ3v) is 4.13. The Labute approximate surface area is 109 Å². The second kappa shape index (κ2) is 5.41. The van der Waals surface area contributed by atoms with Crippen molar-refractivity contribution in [2.75, 3.05) is 13.2 Å². The first-order valence-electron chi connectivity index (χ1n) is 6.90. The van der Waals surface area contributed by atoms with Crippen LogP contribution in [-0.2, 0) is 6.54 Å². The standard InChI is InChI=1S/C14H25N3O/c1-11-7-13(3)17(16-11)8-12(2)15-9-14(10-18)5-4-6-14/h7,12,15,18H,4-6,8-10H2,1-3H3/t12-/m0/s1. The van der Waals surface area contributed by atoms with E-state index in [0.29, 0.717) is 12.6 Å². The third kappa shape index (κ3) is 2.93. The van der Waals surface area contributed by atoms with E-state index in [9.17, 15) is 5.11 Å². The summed E-state index contributed by atoms with van der Waals surface area (Å²) in [5.41, 5.74) is 2.44. The van der Waals surface area contributed by atoms with Crippen LogP contribution in [0.15, 0.2) is 6.07 Å². The summed E-state index contributed by atoms with van der Waals surface area (Å²) in [7, 11) is 0. The van der Waals surface area contributed by atoms with Crippen LogP contribution < -0.4 is 5.32 Å². The molecule has 1 aromatic rings. The van der Waals surface area contributed by atoms with Crippen LogP contribution in [0.25, 0.3) is 0 Å². The Hall–Kier alpha value is -0.870. The van der Waals surface area contributed by atoms with Crippen LogP contribution in [0.1, 0.15) is 37.6 Å². The Morgan fingerprint density at radius 2 is 2.22 bits per heavy atom. The zero-order chi connectivity index (χ0) is 13.2. The van der Waals surface area contributed by atoms with E-state index in [-0.39, 0.29) is 5.41 Å². The van der Waals surface area contributed by atoms with Gasteiger partial charge in [-0.1, -0.05) is 6.42 Å². The van der Waals surface area contributed by atoms with Crippen LogP contribution in [0, 0.1) is 19.3 Å². The fourth-order valence-electron chi connectivity index (χ4n) is 2.64. The highest BCUT2D eigenvalue weighted by Gasteiger charge is 2.36. The predicted molar refractivity (Wildman–Crippen MR) is 72.5 cm³/mol. The molecule has 18 heavy (non-hydrogen) atoms. The van der Waals surface area contributed by atoms with Crippen molar-refractivity contribution in [1.82, 2.24) is 15.1 Å². The Balaban J connectivity index is 1.81. The Bertz CT molecular complexity index is 390. The highest BCUT2D eigenvalue weighted by molar-refractivity contribution is 5.06. The second-order valence-electron chi connectivity index (χ2n) is 5.90. The molecule has 4 heteroatoms. The molecule has 1 fully saturated rings. The van der Waals surface area contributed by atoms with E-state index in [4.69, 9.17) is 0 Å². The minimum Gasteiger partial charge on any atom is -0.396 e. The van der Waals surface area contributed by atoms with E-state index in [1.807, 2.05) is 6.92 Å². The number of aliphatic hydroxyl groups excluding tert-OH is 1. The van der Waals surface area contributed by atoms with Gasteiger partial charge in [0.2, 0.25) is 0 Å². The van der Waals surface area contributed by atoms with Gasteiger partial charge in [-0.2, -0.15) is 5.10 Å². The molecule has 1 aromatic heterocycles. The van der Waals surface area contributed by atoms with Crippen LogP contribution in [0.5, 0.6) is 0 Å². The van der Waals surface area contributed by atoms with Crippen molar-refractivity contribution < 1.29 is 5.11 Å². The average molecular weight is 251 g/mol. The van der Waals surface area contributed by atoms with Gasteiger partial charge in [0.05, 0.1) is 12.2 Å². The second-order valence-corrected chi connectivity index (χ2v) is 5.90. The van der Waals surface area contributed by atoms with Gasteiger partial charge in [-0.15, -0.1) is 0 Å². The SMILES string of the molecule is Cc1cc(C)n(C[C@H](C)NCC2(CO)CCC2)n1. The molecule has 0 saturated heterocycles. The minimum atomic E-state index is 0.156. The van der Waals surface area contributed by atoms with Crippen LogP contribution in [-0.4, -0.2) is 34.1 Å². The van der Waals surface area contributed by atoms with E-state index in [0.717, 1.165) is 31.6 Å². The summed E-state index contributed by atoms with van der Waals surface area (Å²) in [5, 5.41) is 17.4. The number of aromatic nitrogens is 2. The maximum atomic E-state index is 9.43. The molecule has 102 valence electrons. The first-order valence-corrected chi connectivity index (χ1v) is 6.90. The topological polar surface area (TPSA) is 50.1 Å². The lowest BCUT2D eigenvalue weighted by Crippen LogP contribution is -2.46. The minimum absolute atomic E-state index is 0.156. The van der Waals surface area contributed by atoms with E-state index in [2.05, 4.69) is 35.0 Å². The smallest absolute Gasteiger partial charge is 0.0596 e. The van der Waals surface area contributed by atoms with Gasteiger partial charge >= 0.3 is 0 Å². The molecule has 1 heterocycles. The zero-order valence-corrected chi connectivity index (χ0v) is 11.7. The Morgan fingerprint density at radius 3 is 2.67 bits per heavy atom. The number of nitrogens with zero attached hydrogens (tertiary/aromatic N) is 2. The largest absolute Gasteiger partial charge is 0.396 e. The molecule has 0 aromatic carbocycles. The average Bonchev–Trinajstić information content (AvgIpc) is 2.56. The number of hydrogen-bond donors (Lipinski definition) is 2. The van der Waals surface area contributed by atoms with Crippen molar-refractivity contribution in [3.63, 3.8) is 0 Å². The van der Waals surface area contributed by atoms with E-state index >= 15 is 0 Å². The molecule has 0 amide bonds. The van der Waals surface area contributed by atoms with E-state index in [1.165, 1.54) is 12.1 Å². The lowest BCUT2D eigenvalue weighted by atomic mass is 9.69. The number of rotatable bonds is 6. The number of hydrogen-bond acceptors (Lipinski definition) is 3. The first kappa shape index (κ1) is 13.6. The van der Waals surface area contributed by atoms with Crippen LogP contribution >= 0.6 is 0 Å². The molecular formula is C14H25N3O. The van der Waals surface area contributed by atoms with Gasteiger partial charge in [0.15, 0.2) is 0 Å². The van der Waals surface area contributed by atoms with Crippen molar-refractivity contribution in [2.45, 2.75) is 52.6 Å². The summed E-state index contributed by atoms with van der Waals surface area (Å²) in [6.45, 7) is 8.42. The van der Waals surface area contributed by atoms with E-state index < -0.39 is 0 Å². The van der Waals surface area contributed by atoms with Gasteiger partial charge in [-0.3, -0.25) is 4.68 Å². The summed E-state index contributed by atoms with van der Waals surface area (Å²) < 4.78 is 2.05.